The first-order valence-corrected chi connectivity index (χ1v) is 5.33. The van der Waals surface area contributed by atoms with Gasteiger partial charge in [0.15, 0.2) is 0 Å². The molecule has 0 spiro atoms. The number of hydrogen-bond acceptors (Lipinski definition) is 3. The highest BCUT2D eigenvalue weighted by atomic mass is 16.5. The van der Waals surface area contributed by atoms with Gasteiger partial charge in [0.2, 0.25) is 0 Å². The van der Waals surface area contributed by atoms with Crippen LogP contribution in [0.2, 0.25) is 0 Å². The number of phenolic OH excluding ortho intramolecular Hbond substituents is 1. The highest BCUT2D eigenvalue weighted by Gasteiger charge is 2.27. The molecule has 0 aromatic heterocycles. The van der Waals surface area contributed by atoms with Crippen molar-refractivity contribution in [3.8, 4) is 5.75 Å². The molecule has 0 radical (unpaired) electrons. The van der Waals surface area contributed by atoms with Crippen LogP contribution in [0, 0.1) is 0 Å². The van der Waals surface area contributed by atoms with Gasteiger partial charge in [-0.15, -0.1) is 0 Å². The van der Waals surface area contributed by atoms with Crippen LogP contribution in [0.25, 0.3) is 0 Å². The number of rotatable bonds is 2. The molecule has 3 N–H and O–H groups in total. The molecule has 0 bridgehead atoms. The molecule has 1 saturated heterocycles. The lowest BCUT2D eigenvalue weighted by atomic mass is 9.85. The van der Waals surface area contributed by atoms with Gasteiger partial charge in [0.05, 0.1) is 0 Å². The highest BCUT2D eigenvalue weighted by Crippen LogP contribution is 2.23. The second-order valence-corrected chi connectivity index (χ2v) is 4.32. The molecule has 82 valence electrons. The van der Waals surface area contributed by atoms with Crippen LogP contribution < -0.4 is 5.73 Å². The van der Waals surface area contributed by atoms with E-state index < -0.39 is 0 Å². The standard InChI is InChI=1S/C12H17NO2/c13-12(5-7-15-8-6-12)9-10-1-3-11(14)4-2-10/h1-4,14H,5-9,13H2. The zero-order chi connectivity index (χ0) is 10.7. The number of ether oxygens (including phenoxy) is 1. The number of benzene rings is 1. The fourth-order valence-electron chi connectivity index (χ4n) is 1.98. The number of aromatic hydroxyl groups is 1. The summed E-state index contributed by atoms with van der Waals surface area (Å²) in [5, 5.41) is 9.18. The van der Waals surface area contributed by atoms with Gasteiger partial charge in [0, 0.05) is 18.8 Å². The van der Waals surface area contributed by atoms with Gasteiger partial charge in [-0.3, -0.25) is 0 Å². The molecule has 3 heteroatoms. The van der Waals surface area contributed by atoms with Crippen molar-refractivity contribution < 1.29 is 9.84 Å². The third kappa shape index (κ3) is 2.70. The van der Waals surface area contributed by atoms with Gasteiger partial charge in [0.1, 0.15) is 5.75 Å². The molecule has 2 rings (SSSR count). The van der Waals surface area contributed by atoms with E-state index >= 15 is 0 Å². The quantitative estimate of drug-likeness (QED) is 0.771. The van der Waals surface area contributed by atoms with E-state index in [-0.39, 0.29) is 5.54 Å². The lowest BCUT2D eigenvalue weighted by Crippen LogP contribution is -2.46. The summed E-state index contributed by atoms with van der Waals surface area (Å²) in [6.45, 7) is 1.52. The van der Waals surface area contributed by atoms with Crippen LogP contribution in [0.5, 0.6) is 5.75 Å². The molecule has 0 aliphatic carbocycles. The average molecular weight is 207 g/mol. The molecule has 1 aliphatic rings. The van der Waals surface area contributed by atoms with Crippen molar-refractivity contribution in [2.24, 2.45) is 5.73 Å². The van der Waals surface area contributed by atoms with E-state index in [1.54, 1.807) is 12.1 Å². The third-order valence-corrected chi connectivity index (χ3v) is 2.98. The Hall–Kier alpha value is -1.06. The fourth-order valence-corrected chi connectivity index (χ4v) is 1.98. The molecular weight excluding hydrogens is 190 g/mol. The van der Waals surface area contributed by atoms with Gasteiger partial charge in [-0.25, -0.2) is 0 Å². The van der Waals surface area contributed by atoms with Gasteiger partial charge >= 0.3 is 0 Å². The van der Waals surface area contributed by atoms with E-state index in [2.05, 4.69) is 0 Å². The predicted octanol–water partition coefficient (Wildman–Crippen LogP) is 1.44. The lowest BCUT2D eigenvalue weighted by molar-refractivity contribution is 0.0533. The van der Waals surface area contributed by atoms with E-state index in [1.807, 2.05) is 12.1 Å². The van der Waals surface area contributed by atoms with Crippen molar-refractivity contribution in [3.63, 3.8) is 0 Å². The zero-order valence-corrected chi connectivity index (χ0v) is 8.78. The van der Waals surface area contributed by atoms with Crippen molar-refractivity contribution in [1.82, 2.24) is 0 Å². The van der Waals surface area contributed by atoms with E-state index in [4.69, 9.17) is 10.5 Å². The molecule has 1 heterocycles. The second kappa shape index (κ2) is 4.21. The topological polar surface area (TPSA) is 55.5 Å². The van der Waals surface area contributed by atoms with Gasteiger partial charge in [-0.2, -0.15) is 0 Å². The molecule has 0 unspecified atom stereocenters. The van der Waals surface area contributed by atoms with E-state index in [0.717, 1.165) is 32.5 Å². The highest BCUT2D eigenvalue weighted by molar-refractivity contribution is 5.27. The maximum absolute atomic E-state index is 9.18. The maximum atomic E-state index is 9.18. The molecule has 0 saturated carbocycles. The van der Waals surface area contributed by atoms with Crippen molar-refractivity contribution in [2.75, 3.05) is 13.2 Å². The molecule has 0 amide bonds. The summed E-state index contributed by atoms with van der Waals surface area (Å²) in [5.74, 6) is 0.303. The first-order chi connectivity index (χ1) is 7.18. The molecule has 1 aliphatic heterocycles. The van der Waals surface area contributed by atoms with Crippen LogP contribution in [0.15, 0.2) is 24.3 Å². The fraction of sp³-hybridized carbons (Fsp3) is 0.500. The van der Waals surface area contributed by atoms with Crippen LogP contribution in [-0.4, -0.2) is 23.9 Å². The van der Waals surface area contributed by atoms with Gasteiger partial charge in [-0.05, 0) is 37.0 Å². The van der Waals surface area contributed by atoms with Crippen LogP contribution in [0.3, 0.4) is 0 Å². The van der Waals surface area contributed by atoms with Crippen molar-refractivity contribution >= 4 is 0 Å². The third-order valence-electron chi connectivity index (χ3n) is 2.98. The Morgan fingerprint density at radius 1 is 1.20 bits per heavy atom. The summed E-state index contributed by atoms with van der Waals surface area (Å²) in [7, 11) is 0. The monoisotopic (exact) mass is 207 g/mol. The Balaban J connectivity index is 2.03. The minimum absolute atomic E-state index is 0.130. The Labute approximate surface area is 89.9 Å². The molecule has 0 atom stereocenters. The zero-order valence-electron chi connectivity index (χ0n) is 8.78. The summed E-state index contributed by atoms with van der Waals surface area (Å²) in [5.41, 5.74) is 7.33. The molecule has 1 fully saturated rings. The lowest BCUT2D eigenvalue weighted by Gasteiger charge is -2.33. The number of nitrogens with two attached hydrogens (primary N) is 1. The van der Waals surface area contributed by atoms with Crippen LogP contribution in [0.1, 0.15) is 18.4 Å². The molecule has 3 nitrogen and oxygen atoms in total. The Kier molecular flexibility index (Phi) is 2.93. The first kappa shape index (κ1) is 10.5. The number of hydrogen-bond donors (Lipinski definition) is 2. The minimum atomic E-state index is -0.130. The van der Waals surface area contributed by atoms with E-state index in [1.165, 1.54) is 5.56 Å². The second-order valence-electron chi connectivity index (χ2n) is 4.32. The Morgan fingerprint density at radius 3 is 2.40 bits per heavy atom. The maximum Gasteiger partial charge on any atom is 0.115 e. The average Bonchev–Trinajstić information content (AvgIpc) is 2.22. The van der Waals surface area contributed by atoms with Crippen molar-refractivity contribution in [1.29, 1.82) is 0 Å². The molecule has 1 aromatic rings. The Morgan fingerprint density at radius 2 is 1.80 bits per heavy atom. The molecule has 15 heavy (non-hydrogen) atoms. The molecular formula is C12H17NO2. The first-order valence-electron chi connectivity index (χ1n) is 5.33. The summed E-state index contributed by atoms with van der Waals surface area (Å²) >= 11 is 0. The van der Waals surface area contributed by atoms with Crippen molar-refractivity contribution in [2.45, 2.75) is 24.8 Å². The van der Waals surface area contributed by atoms with Gasteiger partial charge < -0.3 is 15.6 Å². The summed E-state index contributed by atoms with van der Waals surface area (Å²) in [4.78, 5) is 0. The summed E-state index contributed by atoms with van der Waals surface area (Å²) in [6.07, 6.45) is 2.68. The van der Waals surface area contributed by atoms with Crippen molar-refractivity contribution in [3.05, 3.63) is 29.8 Å². The van der Waals surface area contributed by atoms with Crippen LogP contribution in [-0.2, 0) is 11.2 Å². The minimum Gasteiger partial charge on any atom is -0.508 e. The summed E-state index contributed by atoms with van der Waals surface area (Å²) < 4.78 is 5.30. The molecule has 1 aromatic carbocycles. The largest absolute Gasteiger partial charge is 0.508 e. The van der Waals surface area contributed by atoms with E-state index in [9.17, 15) is 5.11 Å². The van der Waals surface area contributed by atoms with E-state index in [0.29, 0.717) is 5.75 Å². The van der Waals surface area contributed by atoms with Gasteiger partial charge in [-0.1, -0.05) is 12.1 Å². The van der Waals surface area contributed by atoms with Gasteiger partial charge in [0.25, 0.3) is 0 Å². The predicted molar refractivity (Wildman–Crippen MR) is 58.8 cm³/mol. The van der Waals surface area contributed by atoms with Crippen LogP contribution in [0.4, 0.5) is 0 Å². The Bertz CT molecular complexity index is 315. The normalized spacial score (nSPS) is 20.1. The number of phenols is 1. The smallest absolute Gasteiger partial charge is 0.115 e. The summed E-state index contributed by atoms with van der Waals surface area (Å²) in [6, 6.07) is 7.27. The SMILES string of the molecule is NC1(Cc2ccc(O)cc2)CCOCC1. The van der Waals surface area contributed by atoms with Crippen LogP contribution >= 0.6 is 0 Å².